The van der Waals surface area contributed by atoms with Gasteiger partial charge in [0.15, 0.2) is 18.7 Å². The van der Waals surface area contributed by atoms with Crippen LogP contribution < -0.4 is 0 Å². The zero-order valence-electron chi connectivity index (χ0n) is 24.4. The summed E-state index contributed by atoms with van der Waals surface area (Å²) in [7, 11) is 0. The first-order valence-corrected chi connectivity index (χ1v) is 14.6. The van der Waals surface area contributed by atoms with Crippen LogP contribution in [-0.2, 0) is 33.2 Å². The Hall–Kier alpha value is -1.17. The highest BCUT2D eigenvalue weighted by Gasteiger charge is 2.62. The minimum absolute atomic E-state index is 0.295. The van der Waals surface area contributed by atoms with Crippen molar-refractivity contribution in [3.05, 3.63) is 0 Å². The second-order valence-corrected chi connectivity index (χ2v) is 11.2. The van der Waals surface area contributed by atoms with Gasteiger partial charge in [-0.05, 0) is 12.8 Å². The maximum Gasteiger partial charge on any atom is 0.360 e. The second-order valence-electron chi connectivity index (χ2n) is 11.2. The number of ether oxygens (including phenoxy) is 6. The van der Waals surface area contributed by atoms with E-state index in [1.807, 2.05) is 6.92 Å². The molecule has 0 radical (unpaired) electrons. The van der Waals surface area contributed by atoms with E-state index in [0.29, 0.717) is 19.3 Å². The summed E-state index contributed by atoms with van der Waals surface area (Å²) in [6.07, 6.45) is -24.2. The largest absolute Gasteiger partial charge is 0.405 e. The Morgan fingerprint density at radius 2 is 1.34 bits per heavy atom. The number of aliphatic hydroxyl groups is 11. The molecule has 258 valence electrons. The highest BCUT2D eigenvalue weighted by atomic mass is 16.9. The van der Waals surface area contributed by atoms with Crippen molar-refractivity contribution < 1.29 is 89.4 Å². The molecule has 11 N–H and O–H groups in total. The van der Waals surface area contributed by atoms with Gasteiger partial charge in [0, 0.05) is 0 Å². The van der Waals surface area contributed by atoms with Gasteiger partial charge in [-0.3, -0.25) is 4.79 Å². The van der Waals surface area contributed by atoms with E-state index in [0.717, 1.165) is 6.42 Å². The first kappa shape index (κ1) is 37.3. The van der Waals surface area contributed by atoms with Crippen LogP contribution in [-0.4, -0.2) is 174 Å². The Kier molecular flexibility index (Phi) is 13.6. The maximum absolute atomic E-state index is 13.2. The minimum atomic E-state index is -2.99. The third-order valence-electron chi connectivity index (χ3n) is 8.14. The fraction of sp³-hybridized carbons (Fsp3) is 0.962. The first-order chi connectivity index (χ1) is 20.8. The van der Waals surface area contributed by atoms with Crippen molar-refractivity contribution in [2.75, 3.05) is 19.8 Å². The van der Waals surface area contributed by atoms with E-state index in [1.165, 1.54) is 0 Å². The average Bonchev–Trinajstić information content (AvgIpc) is 3.01. The van der Waals surface area contributed by atoms with Gasteiger partial charge in [0.05, 0.1) is 25.7 Å². The van der Waals surface area contributed by atoms with Crippen LogP contribution in [0, 0.1) is 5.92 Å². The Balaban J connectivity index is 1.90. The second kappa shape index (κ2) is 16.1. The highest BCUT2D eigenvalue weighted by molar-refractivity contribution is 5.72. The van der Waals surface area contributed by atoms with Crippen LogP contribution in [0.5, 0.6) is 0 Å². The lowest BCUT2D eigenvalue weighted by atomic mass is 9.95. The monoisotopic (exact) mass is 646 g/mol. The van der Waals surface area contributed by atoms with Gasteiger partial charge in [-0.25, -0.2) is 0 Å². The normalized spacial score (nSPS) is 45.6. The lowest BCUT2D eigenvalue weighted by Gasteiger charge is -2.51. The molecule has 18 heteroatoms. The number of esters is 1. The van der Waals surface area contributed by atoms with Gasteiger partial charge in [-0.15, -0.1) is 0 Å². The van der Waals surface area contributed by atoms with Crippen LogP contribution in [0.15, 0.2) is 0 Å². The molecule has 3 heterocycles. The molecule has 0 amide bonds. The van der Waals surface area contributed by atoms with Gasteiger partial charge in [0.25, 0.3) is 0 Å². The summed E-state index contributed by atoms with van der Waals surface area (Å²) in [6.45, 7) is 0.886. The topological polar surface area (TPSA) is 295 Å². The average molecular weight is 647 g/mol. The Morgan fingerprint density at radius 1 is 0.750 bits per heavy atom. The van der Waals surface area contributed by atoms with E-state index < -0.39 is 124 Å². The molecule has 44 heavy (non-hydrogen) atoms. The van der Waals surface area contributed by atoms with Crippen LogP contribution in [0.1, 0.15) is 39.5 Å². The number of unbranched alkanes of at least 4 members (excludes halogenated alkanes) is 1. The third-order valence-corrected chi connectivity index (χ3v) is 8.14. The van der Waals surface area contributed by atoms with Crippen LogP contribution in [0.25, 0.3) is 0 Å². The molecule has 3 unspecified atom stereocenters. The zero-order chi connectivity index (χ0) is 32.9. The molecule has 0 saturated carbocycles. The Bertz CT molecular complexity index is 891. The maximum atomic E-state index is 13.2. The van der Waals surface area contributed by atoms with Crippen LogP contribution >= 0.6 is 0 Å². The van der Waals surface area contributed by atoms with Crippen molar-refractivity contribution in [3.8, 4) is 0 Å². The standard InChI is InChI=1S/C26H46O18/c1-3-5-6-10(4-2)23(37)44-26(22(36)17(33)14(30)11(7-27)42-26)43-21-13(9-29)40-25(19(35)16(21)32)41-20-12(8-28)39-24(38)18(34)15(20)31/h10-22,24-25,27-36,38H,3-9H2,1-2H3/t10?,11-,12-,13-,14-,15-,16-,17+,18-,19-,20-,21-,22-,24+,25?,26?/m1/s1. The first-order valence-electron chi connectivity index (χ1n) is 14.6. The molecule has 3 aliphatic rings. The molecule has 0 aliphatic carbocycles. The number of rotatable bonds is 13. The molecule has 18 nitrogen and oxygen atoms in total. The summed E-state index contributed by atoms with van der Waals surface area (Å²) in [4.78, 5) is 13.2. The molecule has 3 aliphatic heterocycles. The molecule has 0 aromatic carbocycles. The fourth-order valence-electron chi connectivity index (χ4n) is 5.37. The summed E-state index contributed by atoms with van der Waals surface area (Å²) in [5.41, 5.74) is 0. The van der Waals surface area contributed by atoms with Crippen molar-refractivity contribution in [2.24, 2.45) is 5.92 Å². The zero-order valence-corrected chi connectivity index (χ0v) is 24.4. The molecule has 16 atom stereocenters. The summed E-state index contributed by atoms with van der Waals surface area (Å²) < 4.78 is 32.8. The molecular formula is C26H46O18. The lowest BCUT2D eigenvalue weighted by molar-refractivity contribution is -0.473. The van der Waals surface area contributed by atoms with Crippen molar-refractivity contribution >= 4 is 5.97 Å². The predicted molar refractivity (Wildman–Crippen MR) is 140 cm³/mol. The number of hydrogen-bond acceptors (Lipinski definition) is 18. The van der Waals surface area contributed by atoms with Gasteiger partial charge in [0.1, 0.15) is 67.1 Å². The van der Waals surface area contributed by atoms with Crippen LogP contribution in [0.4, 0.5) is 0 Å². The van der Waals surface area contributed by atoms with E-state index in [1.54, 1.807) is 6.92 Å². The molecule has 0 spiro atoms. The summed E-state index contributed by atoms with van der Waals surface area (Å²) in [5.74, 6) is -4.67. The Morgan fingerprint density at radius 3 is 1.91 bits per heavy atom. The number of aliphatic hydroxyl groups excluding tert-OH is 11. The SMILES string of the molecule is CCCCC(CC)C(=O)OC1(O[C@H]2[C@H](O)[C@@H](O)C(O[C@H]3[C@H](O)[C@@H](O)[C@@H](O)O[C@@H]3CO)O[C@@H]2CO)O[C@H](CO)[C@@H](O)[C@H](O)[C@H]1O. The summed E-state index contributed by atoms with van der Waals surface area (Å²) in [5, 5.41) is 113. The Labute approximate surface area is 252 Å². The number of carbonyl (C=O) groups excluding carboxylic acids is 1. The van der Waals surface area contributed by atoms with Crippen molar-refractivity contribution in [3.63, 3.8) is 0 Å². The summed E-state index contributed by atoms with van der Waals surface area (Å²) >= 11 is 0. The molecule has 3 rings (SSSR count). The van der Waals surface area contributed by atoms with E-state index in [-0.39, 0.29) is 0 Å². The van der Waals surface area contributed by atoms with Crippen molar-refractivity contribution in [2.45, 2.75) is 131 Å². The van der Waals surface area contributed by atoms with Crippen LogP contribution in [0.3, 0.4) is 0 Å². The molecular weight excluding hydrogens is 600 g/mol. The van der Waals surface area contributed by atoms with Crippen molar-refractivity contribution in [1.82, 2.24) is 0 Å². The van der Waals surface area contributed by atoms with E-state index >= 15 is 0 Å². The lowest BCUT2D eigenvalue weighted by Crippen LogP contribution is -2.71. The van der Waals surface area contributed by atoms with Gasteiger partial charge < -0.3 is 84.6 Å². The molecule has 0 bridgehead atoms. The molecule has 0 aromatic rings. The number of carbonyl (C=O) groups is 1. The van der Waals surface area contributed by atoms with Gasteiger partial charge in [0.2, 0.25) is 0 Å². The smallest absolute Gasteiger partial charge is 0.360 e. The van der Waals surface area contributed by atoms with E-state index in [9.17, 15) is 61.0 Å². The highest BCUT2D eigenvalue weighted by Crippen LogP contribution is 2.38. The third kappa shape index (κ3) is 7.68. The fourth-order valence-corrected chi connectivity index (χ4v) is 5.37. The van der Waals surface area contributed by atoms with Crippen molar-refractivity contribution in [1.29, 1.82) is 0 Å². The van der Waals surface area contributed by atoms with Gasteiger partial charge >= 0.3 is 11.9 Å². The quantitative estimate of drug-likeness (QED) is 0.0657. The molecule has 0 aromatic heterocycles. The summed E-state index contributed by atoms with van der Waals surface area (Å²) in [6, 6.07) is 0. The van der Waals surface area contributed by atoms with Gasteiger partial charge in [-0.2, -0.15) is 0 Å². The minimum Gasteiger partial charge on any atom is -0.405 e. The van der Waals surface area contributed by atoms with Crippen LogP contribution in [0.2, 0.25) is 0 Å². The van der Waals surface area contributed by atoms with Gasteiger partial charge in [-0.1, -0.05) is 26.7 Å². The molecule has 3 fully saturated rings. The molecule has 3 saturated heterocycles. The number of hydrogen-bond donors (Lipinski definition) is 11. The predicted octanol–water partition coefficient (Wildman–Crippen LogP) is -5.49. The van der Waals surface area contributed by atoms with E-state index in [4.69, 9.17) is 28.4 Å². The van der Waals surface area contributed by atoms with E-state index in [2.05, 4.69) is 0 Å².